The largest absolute Gasteiger partial charge is 0.465 e. The van der Waals surface area contributed by atoms with Crippen molar-refractivity contribution in [3.8, 4) is 11.1 Å². The molecule has 184 valence electrons. The van der Waals surface area contributed by atoms with Gasteiger partial charge in [0.05, 0.1) is 6.61 Å². The number of hydrogen-bond acceptors (Lipinski definition) is 5. The lowest BCUT2D eigenvalue weighted by Gasteiger charge is -2.12. The number of aromatic nitrogens is 1. The molecule has 0 aliphatic rings. The monoisotopic (exact) mass is 481 g/mol. The highest BCUT2D eigenvalue weighted by molar-refractivity contribution is 5.94. The lowest BCUT2D eigenvalue weighted by molar-refractivity contribution is -0.144. The summed E-state index contributed by atoms with van der Waals surface area (Å²) in [6.07, 6.45) is 5.74. The van der Waals surface area contributed by atoms with Crippen LogP contribution in [0.4, 0.5) is 0 Å². The molecule has 0 spiro atoms. The van der Waals surface area contributed by atoms with Crippen molar-refractivity contribution in [2.45, 2.75) is 32.2 Å². The molecule has 0 radical (unpaired) electrons. The maximum Gasteiger partial charge on any atom is 0.323 e. The molecule has 1 heterocycles. The highest BCUT2D eigenvalue weighted by Gasteiger charge is 2.15. The summed E-state index contributed by atoms with van der Waals surface area (Å²) in [5.74, 6) is -0.537. The van der Waals surface area contributed by atoms with Gasteiger partial charge in [0.2, 0.25) is 0 Å². The quantitative estimate of drug-likeness (QED) is 0.253. The fourth-order valence-electron chi connectivity index (χ4n) is 4.23. The highest BCUT2D eigenvalue weighted by atomic mass is 16.5. The first-order chi connectivity index (χ1) is 17.5. The number of nitrogens with zero attached hydrogens (tertiary/aromatic N) is 1. The Morgan fingerprint density at radius 2 is 1.81 bits per heavy atom. The van der Waals surface area contributed by atoms with Gasteiger partial charge < -0.3 is 15.8 Å². The maximum atomic E-state index is 12.6. The third kappa shape index (κ3) is 6.34. The Balaban J connectivity index is 1.30. The predicted molar refractivity (Wildman–Crippen MR) is 143 cm³/mol. The molecule has 0 unspecified atom stereocenters. The zero-order chi connectivity index (χ0) is 25.3. The Bertz CT molecular complexity index is 1330. The van der Waals surface area contributed by atoms with Gasteiger partial charge in [0, 0.05) is 29.9 Å². The first kappa shape index (κ1) is 25.1. The van der Waals surface area contributed by atoms with Gasteiger partial charge in [-0.15, -0.1) is 0 Å². The van der Waals surface area contributed by atoms with E-state index in [-0.39, 0.29) is 5.91 Å². The molecular formula is C30H31N3O3. The molecular weight excluding hydrogens is 450 g/mol. The molecule has 1 atom stereocenters. The molecule has 6 nitrogen and oxygen atoms in total. The van der Waals surface area contributed by atoms with Crippen molar-refractivity contribution in [3.63, 3.8) is 0 Å². The molecule has 0 saturated carbocycles. The number of fused-ring (bicyclic) bond motifs is 1. The van der Waals surface area contributed by atoms with Crippen molar-refractivity contribution < 1.29 is 14.3 Å². The molecule has 0 aliphatic carbocycles. The number of amides is 1. The van der Waals surface area contributed by atoms with Gasteiger partial charge in [0.15, 0.2) is 0 Å². The SMILES string of the molecule is CCOC(=O)[C@@H](N)Cc1ccc(C(=O)NCCCc2ccccc2-c2ccc3ccncc3c2)cc1. The van der Waals surface area contributed by atoms with Crippen LogP contribution in [0.25, 0.3) is 21.9 Å². The van der Waals surface area contributed by atoms with E-state index < -0.39 is 12.0 Å². The van der Waals surface area contributed by atoms with Crippen LogP contribution in [0.3, 0.4) is 0 Å². The smallest absolute Gasteiger partial charge is 0.323 e. The Labute approximate surface area is 211 Å². The van der Waals surface area contributed by atoms with Crippen LogP contribution >= 0.6 is 0 Å². The molecule has 0 aliphatic heterocycles. The Hall–Kier alpha value is -4.03. The van der Waals surface area contributed by atoms with Gasteiger partial charge in [-0.2, -0.15) is 0 Å². The van der Waals surface area contributed by atoms with E-state index >= 15 is 0 Å². The third-order valence-corrected chi connectivity index (χ3v) is 6.14. The van der Waals surface area contributed by atoms with E-state index in [2.05, 4.69) is 52.8 Å². The molecule has 0 bridgehead atoms. The van der Waals surface area contributed by atoms with Crippen LogP contribution in [-0.4, -0.2) is 36.1 Å². The summed E-state index contributed by atoms with van der Waals surface area (Å²) in [7, 11) is 0. The molecule has 0 fully saturated rings. The van der Waals surface area contributed by atoms with Crippen LogP contribution < -0.4 is 11.1 Å². The van der Waals surface area contributed by atoms with Crippen molar-refractivity contribution in [3.05, 3.63) is 102 Å². The summed E-state index contributed by atoms with van der Waals surface area (Å²) >= 11 is 0. The Kier molecular flexibility index (Phi) is 8.42. The van der Waals surface area contributed by atoms with Crippen LogP contribution in [0.2, 0.25) is 0 Å². The van der Waals surface area contributed by atoms with Gasteiger partial charge in [-0.3, -0.25) is 14.6 Å². The average Bonchev–Trinajstić information content (AvgIpc) is 2.91. The summed E-state index contributed by atoms with van der Waals surface area (Å²) in [6, 6.07) is 23.3. The first-order valence-corrected chi connectivity index (χ1v) is 12.3. The molecule has 1 amide bonds. The predicted octanol–water partition coefficient (Wildman–Crippen LogP) is 4.70. The summed E-state index contributed by atoms with van der Waals surface area (Å²) in [6.45, 7) is 2.63. The zero-order valence-electron chi connectivity index (χ0n) is 20.4. The number of pyridine rings is 1. The van der Waals surface area contributed by atoms with Gasteiger partial charge in [-0.05, 0) is 78.1 Å². The van der Waals surface area contributed by atoms with Crippen LogP contribution in [0, 0.1) is 0 Å². The molecule has 1 aromatic heterocycles. The lowest BCUT2D eigenvalue weighted by atomic mass is 9.95. The van der Waals surface area contributed by atoms with Gasteiger partial charge in [0.25, 0.3) is 5.91 Å². The van der Waals surface area contributed by atoms with Gasteiger partial charge in [-0.25, -0.2) is 0 Å². The van der Waals surface area contributed by atoms with Gasteiger partial charge in [-0.1, -0.05) is 48.5 Å². The number of aryl methyl sites for hydroxylation is 1. The fraction of sp³-hybridized carbons (Fsp3) is 0.233. The topological polar surface area (TPSA) is 94.3 Å². The minimum Gasteiger partial charge on any atom is -0.465 e. The number of nitrogens with one attached hydrogen (secondary N) is 1. The van der Waals surface area contributed by atoms with E-state index in [9.17, 15) is 9.59 Å². The molecule has 4 aromatic rings. The van der Waals surface area contributed by atoms with Gasteiger partial charge in [0.1, 0.15) is 6.04 Å². The normalized spacial score (nSPS) is 11.7. The summed E-state index contributed by atoms with van der Waals surface area (Å²) in [5, 5.41) is 5.29. The van der Waals surface area contributed by atoms with E-state index in [1.54, 1.807) is 25.3 Å². The number of carbonyl (C=O) groups is 2. The first-order valence-electron chi connectivity index (χ1n) is 12.3. The lowest BCUT2D eigenvalue weighted by Crippen LogP contribution is -2.34. The minimum absolute atomic E-state index is 0.119. The second-order valence-corrected chi connectivity index (χ2v) is 8.71. The van der Waals surface area contributed by atoms with Crippen LogP contribution in [0.15, 0.2) is 85.2 Å². The number of ether oxygens (including phenoxy) is 1. The van der Waals surface area contributed by atoms with Crippen molar-refractivity contribution in [2.24, 2.45) is 5.73 Å². The van der Waals surface area contributed by atoms with Crippen LogP contribution in [0.5, 0.6) is 0 Å². The molecule has 6 heteroatoms. The summed E-state index contributed by atoms with van der Waals surface area (Å²) < 4.78 is 4.94. The number of hydrogen-bond donors (Lipinski definition) is 2. The second kappa shape index (κ2) is 12.1. The van der Waals surface area contributed by atoms with Crippen molar-refractivity contribution in [2.75, 3.05) is 13.2 Å². The maximum absolute atomic E-state index is 12.6. The van der Waals surface area contributed by atoms with E-state index in [4.69, 9.17) is 10.5 Å². The number of nitrogens with two attached hydrogens (primary N) is 1. The zero-order valence-corrected chi connectivity index (χ0v) is 20.4. The third-order valence-electron chi connectivity index (χ3n) is 6.14. The van der Waals surface area contributed by atoms with E-state index in [0.717, 1.165) is 29.4 Å². The minimum atomic E-state index is -0.709. The Morgan fingerprint density at radius 3 is 2.61 bits per heavy atom. The highest BCUT2D eigenvalue weighted by Crippen LogP contribution is 2.27. The second-order valence-electron chi connectivity index (χ2n) is 8.71. The number of benzene rings is 3. The average molecular weight is 482 g/mol. The van der Waals surface area contributed by atoms with Gasteiger partial charge >= 0.3 is 5.97 Å². The number of esters is 1. The van der Waals surface area contributed by atoms with Crippen LogP contribution in [0.1, 0.15) is 34.8 Å². The van der Waals surface area contributed by atoms with E-state index in [1.807, 2.05) is 24.4 Å². The van der Waals surface area contributed by atoms with Crippen molar-refractivity contribution >= 4 is 22.6 Å². The van der Waals surface area contributed by atoms with Crippen molar-refractivity contribution in [1.29, 1.82) is 0 Å². The molecule has 4 rings (SSSR count). The van der Waals surface area contributed by atoms with Crippen molar-refractivity contribution in [1.82, 2.24) is 10.3 Å². The van der Waals surface area contributed by atoms with E-state index in [1.165, 1.54) is 16.5 Å². The number of rotatable bonds is 10. The Morgan fingerprint density at radius 1 is 1.00 bits per heavy atom. The molecule has 3 aromatic carbocycles. The fourth-order valence-corrected chi connectivity index (χ4v) is 4.23. The standard InChI is InChI=1S/C30H31N3O3/c1-2-36-30(35)28(31)18-21-9-11-24(12-10-21)29(34)33-16-5-7-23-6-3-4-8-27(23)25-14-13-22-15-17-32-20-26(22)19-25/h3-4,6,8-15,17,19-20,28H,2,5,7,16,18,31H2,1H3,(H,33,34)/t28-/m0/s1. The van der Waals surface area contributed by atoms with E-state index in [0.29, 0.717) is 25.1 Å². The summed E-state index contributed by atoms with van der Waals surface area (Å²) in [5.41, 5.74) is 11.0. The summed E-state index contributed by atoms with van der Waals surface area (Å²) in [4.78, 5) is 28.5. The van der Waals surface area contributed by atoms with Crippen LogP contribution in [-0.2, 0) is 22.4 Å². The molecule has 36 heavy (non-hydrogen) atoms. The molecule has 3 N–H and O–H groups in total. The molecule has 0 saturated heterocycles. The number of carbonyl (C=O) groups excluding carboxylic acids is 2.